The van der Waals surface area contributed by atoms with Crippen LogP contribution in [0.1, 0.15) is 11.1 Å². The van der Waals surface area contributed by atoms with Crippen LogP contribution in [0.15, 0.2) is 60.8 Å². The number of carbonyl (C=O) groups excluding carboxylic acids is 1. The number of halogens is 4. The molecule has 1 aliphatic heterocycles. The number of rotatable bonds is 6. The summed E-state index contributed by atoms with van der Waals surface area (Å²) in [5.74, 6) is -1.09. The normalized spacial score (nSPS) is 13.6. The van der Waals surface area contributed by atoms with Gasteiger partial charge in [0.25, 0.3) is 0 Å². The lowest BCUT2D eigenvalue weighted by Crippen LogP contribution is -2.24. The summed E-state index contributed by atoms with van der Waals surface area (Å²) in [6.07, 6.45) is 0.968. The number of amides is 1. The summed E-state index contributed by atoms with van der Waals surface area (Å²) in [4.78, 5) is 24.3. The molecule has 0 saturated carbocycles. The standard InChI is InChI=1S/C22H19F4N7O/c1-33-12-16(11-30-33)31-21-28-9-14(10-29-21)17-3-2-13(6-18(17)23)7-20(34)32-19-8-15(4-5-27-19)22(24,25)26/h2-6,8-10,12,30H,7,11H2,1H3,(H,27,32,34)(H,28,29,31). The zero-order chi connectivity index (χ0) is 24.3. The predicted molar refractivity (Wildman–Crippen MR) is 116 cm³/mol. The molecule has 3 aromatic rings. The van der Waals surface area contributed by atoms with Crippen molar-refractivity contribution in [3.05, 3.63) is 77.8 Å². The topological polar surface area (TPSA) is 95.1 Å². The number of benzene rings is 1. The van der Waals surface area contributed by atoms with Crippen LogP contribution in [0.25, 0.3) is 11.1 Å². The van der Waals surface area contributed by atoms with E-state index in [0.29, 0.717) is 23.6 Å². The fraction of sp³-hybridized carbons (Fsp3) is 0.182. The number of nitrogens with one attached hydrogen (secondary N) is 3. The molecule has 0 atom stereocenters. The number of carbonyl (C=O) groups is 1. The molecule has 1 amide bonds. The van der Waals surface area contributed by atoms with Gasteiger partial charge in [-0.2, -0.15) is 13.2 Å². The fourth-order valence-corrected chi connectivity index (χ4v) is 3.24. The van der Waals surface area contributed by atoms with Gasteiger partial charge in [0.2, 0.25) is 11.9 Å². The van der Waals surface area contributed by atoms with Crippen molar-refractivity contribution in [2.24, 2.45) is 0 Å². The van der Waals surface area contributed by atoms with Crippen molar-refractivity contribution in [3.8, 4) is 11.1 Å². The lowest BCUT2D eigenvalue weighted by molar-refractivity contribution is -0.137. The maximum absolute atomic E-state index is 14.7. The van der Waals surface area contributed by atoms with Crippen molar-refractivity contribution in [2.75, 3.05) is 24.2 Å². The third kappa shape index (κ3) is 5.64. The molecule has 0 radical (unpaired) electrons. The predicted octanol–water partition coefficient (Wildman–Crippen LogP) is 3.58. The van der Waals surface area contributed by atoms with Gasteiger partial charge in [-0.25, -0.2) is 24.8 Å². The monoisotopic (exact) mass is 473 g/mol. The van der Waals surface area contributed by atoms with E-state index in [1.165, 1.54) is 24.5 Å². The van der Waals surface area contributed by atoms with E-state index in [1.807, 2.05) is 13.2 Å². The summed E-state index contributed by atoms with van der Waals surface area (Å²) in [6, 6.07) is 5.76. The molecule has 8 nitrogen and oxygen atoms in total. The number of hydrogen-bond donors (Lipinski definition) is 3. The number of hydrogen-bond acceptors (Lipinski definition) is 7. The first-order valence-electron chi connectivity index (χ1n) is 10.1. The van der Waals surface area contributed by atoms with Crippen molar-refractivity contribution in [2.45, 2.75) is 12.6 Å². The number of hydrazine groups is 1. The molecule has 0 unspecified atom stereocenters. The Morgan fingerprint density at radius 2 is 1.91 bits per heavy atom. The zero-order valence-electron chi connectivity index (χ0n) is 17.8. The molecule has 2 aromatic heterocycles. The Kier molecular flexibility index (Phi) is 6.41. The minimum absolute atomic E-state index is 0.237. The minimum atomic E-state index is -4.55. The summed E-state index contributed by atoms with van der Waals surface area (Å²) < 4.78 is 53.1. The van der Waals surface area contributed by atoms with E-state index < -0.39 is 23.5 Å². The number of aromatic nitrogens is 3. The minimum Gasteiger partial charge on any atom is -0.325 e. The fourth-order valence-electron chi connectivity index (χ4n) is 3.24. The second kappa shape index (κ2) is 9.43. The highest BCUT2D eigenvalue weighted by atomic mass is 19.4. The van der Waals surface area contributed by atoms with Gasteiger partial charge in [-0.05, 0) is 23.8 Å². The third-order valence-electron chi connectivity index (χ3n) is 4.86. The molecule has 3 N–H and O–H groups in total. The molecule has 1 aliphatic rings. The Morgan fingerprint density at radius 1 is 1.15 bits per heavy atom. The Morgan fingerprint density at radius 3 is 2.56 bits per heavy atom. The van der Waals surface area contributed by atoms with Gasteiger partial charge < -0.3 is 15.6 Å². The van der Waals surface area contributed by atoms with Crippen molar-refractivity contribution in [3.63, 3.8) is 0 Å². The highest BCUT2D eigenvalue weighted by Crippen LogP contribution is 2.30. The highest BCUT2D eigenvalue weighted by Gasteiger charge is 2.30. The van der Waals surface area contributed by atoms with Crippen molar-refractivity contribution >= 4 is 17.7 Å². The van der Waals surface area contributed by atoms with E-state index in [2.05, 4.69) is 31.0 Å². The summed E-state index contributed by atoms with van der Waals surface area (Å²) >= 11 is 0. The van der Waals surface area contributed by atoms with Crippen LogP contribution in [0, 0.1) is 5.82 Å². The molecule has 12 heteroatoms. The molecule has 0 fully saturated rings. The Hall–Kier alpha value is -4.06. The number of pyridine rings is 1. The summed E-state index contributed by atoms with van der Waals surface area (Å²) in [5, 5.41) is 7.15. The second-order valence-electron chi connectivity index (χ2n) is 7.49. The second-order valence-corrected chi connectivity index (χ2v) is 7.49. The summed E-state index contributed by atoms with van der Waals surface area (Å²) in [7, 11) is 1.86. The van der Waals surface area contributed by atoms with Crippen LogP contribution < -0.4 is 16.1 Å². The zero-order valence-corrected chi connectivity index (χ0v) is 17.8. The van der Waals surface area contributed by atoms with Crippen LogP contribution in [0.4, 0.5) is 29.3 Å². The first kappa shape index (κ1) is 23.1. The van der Waals surface area contributed by atoms with Gasteiger partial charge in [0.15, 0.2) is 0 Å². The van der Waals surface area contributed by atoms with E-state index in [9.17, 15) is 22.4 Å². The van der Waals surface area contributed by atoms with Crippen molar-refractivity contribution < 1.29 is 22.4 Å². The molecule has 176 valence electrons. The lowest BCUT2D eigenvalue weighted by Gasteiger charge is -2.10. The van der Waals surface area contributed by atoms with E-state index in [0.717, 1.165) is 24.0 Å². The van der Waals surface area contributed by atoms with Gasteiger partial charge in [0.05, 0.1) is 24.2 Å². The Bertz CT molecular complexity index is 1230. The number of anilines is 2. The first-order valence-corrected chi connectivity index (χ1v) is 10.1. The molecule has 0 aliphatic carbocycles. The summed E-state index contributed by atoms with van der Waals surface area (Å²) in [6.45, 7) is 0.606. The van der Waals surface area contributed by atoms with Crippen LogP contribution in [0.2, 0.25) is 0 Å². The van der Waals surface area contributed by atoms with Gasteiger partial charge in [-0.1, -0.05) is 12.1 Å². The van der Waals surface area contributed by atoms with Crippen LogP contribution in [0.5, 0.6) is 0 Å². The van der Waals surface area contributed by atoms with Gasteiger partial charge in [0.1, 0.15) is 11.6 Å². The highest BCUT2D eigenvalue weighted by molar-refractivity contribution is 5.91. The van der Waals surface area contributed by atoms with Gasteiger partial charge in [-0.15, -0.1) is 0 Å². The number of nitrogens with zero attached hydrogens (tertiary/aromatic N) is 4. The third-order valence-corrected chi connectivity index (χ3v) is 4.86. The van der Waals surface area contributed by atoms with E-state index >= 15 is 0 Å². The van der Waals surface area contributed by atoms with Gasteiger partial charge >= 0.3 is 6.18 Å². The Labute approximate surface area is 191 Å². The van der Waals surface area contributed by atoms with Crippen LogP contribution >= 0.6 is 0 Å². The lowest BCUT2D eigenvalue weighted by atomic mass is 10.0. The average Bonchev–Trinajstić information content (AvgIpc) is 3.18. The van der Waals surface area contributed by atoms with E-state index in [4.69, 9.17) is 0 Å². The molecule has 4 rings (SSSR count). The molecule has 0 spiro atoms. The van der Waals surface area contributed by atoms with E-state index in [1.54, 1.807) is 11.1 Å². The Balaban J connectivity index is 1.40. The molecule has 0 bridgehead atoms. The largest absolute Gasteiger partial charge is 0.416 e. The molecule has 1 aromatic carbocycles. The van der Waals surface area contributed by atoms with Crippen LogP contribution in [-0.2, 0) is 17.4 Å². The van der Waals surface area contributed by atoms with Crippen LogP contribution in [0.3, 0.4) is 0 Å². The average molecular weight is 473 g/mol. The molecular weight excluding hydrogens is 454 g/mol. The molecule has 3 heterocycles. The maximum atomic E-state index is 14.7. The van der Waals surface area contributed by atoms with Crippen LogP contribution in [-0.4, -0.2) is 39.5 Å². The number of alkyl halides is 3. The first-order chi connectivity index (χ1) is 16.2. The smallest absolute Gasteiger partial charge is 0.325 e. The SMILES string of the molecule is CN1C=C(Nc2ncc(-c3ccc(CC(=O)Nc4cc(C(F)(F)F)ccn4)cc3F)cn2)CN1. The van der Waals surface area contributed by atoms with Crippen molar-refractivity contribution in [1.82, 2.24) is 25.4 Å². The summed E-state index contributed by atoms with van der Waals surface area (Å²) in [5.41, 5.74) is 4.06. The maximum Gasteiger partial charge on any atom is 0.416 e. The van der Waals surface area contributed by atoms with Crippen molar-refractivity contribution in [1.29, 1.82) is 0 Å². The molecule has 34 heavy (non-hydrogen) atoms. The van der Waals surface area contributed by atoms with E-state index in [-0.39, 0.29) is 17.8 Å². The van der Waals surface area contributed by atoms with Gasteiger partial charge in [0, 0.05) is 43.0 Å². The van der Waals surface area contributed by atoms with Gasteiger partial charge in [-0.3, -0.25) is 4.79 Å². The quantitative estimate of drug-likeness (QED) is 0.471. The molecule has 0 saturated heterocycles. The molecular formula is C22H19F4N7O.